The van der Waals surface area contributed by atoms with E-state index in [0.29, 0.717) is 16.9 Å². The van der Waals surface area contributed by atoms with Crippen molar-refractivity contribution in [1.82, 2.24) is 9.47 Å². The van der Waals surface area contributed by atoms with Gasteiger partial charge in [0, 0.05) is 42.1 Å². The molecule has 4 atom stereocenters. The Bertz CT molecular complexity index is 1210. The van der Waals surface area contributed by atoms with Gasteiger partial charge in [0.1, 0.15) is 0 Å². The molecule has 32 heavy (non-hydrogen) atoms. The molecule has 1 aromatic heterocycles. The zero-order valence-electron chi connectivity index (χ0n) is 17.3. The first-order chi connectivity index (χ1) is 15.6. The smallest absolute Gasteiger partial charge is 0.254 e. The van der Waals surface area contributed by atoms with E-state index in [4.69, 9.17) is 0 Å². The van der Waals surface area contributed by atoms with Crippen molar-refractivity contribution < 1.29 is 14.7 Å². The quantitative estimate of drug-likeness (QED) is 0.666. The topological polar surface area (TPSA) is 91.6 Å². The number of aromatic nitrogens is 1. The number of fused-ring (bicyclic) bond motifs is 4. The van der Waals surface area contributed by atoms with E-state index < -0.39 is 23.9 Å². The van der Waals surface area contributed by atoms with Crippen molar-refractivity contribution >= 4 is 17.5 Å². The van der Waals surface area contributed by atoms with Crippen molar-refractivity contribution in [2.45, 2.75) is 18.6 Å². The fourth-order valence-electron chi connectivity index (χ4n) is 5.11. The number of para-hydroxylation sites is 1. The van der Waals surface area contributed by atoms with Crippen molar-refractivity contribution in [2.75, 3.05) is 11.9 Å². The molecule has 3 heterocycles. The minimum atomic E-state index is -0.701. The van der Waals surface area contributed by atoms with Crippen molar-refractivity contribution in [3.63, 3.8) is 0 Å². The molecule has 2 N–H and O–H groups in total. The SMILES string of the molecule is O=C(Nc1ccccc1)[C@H]1[C@H](CO)[C@H]2Cn3c(cccc3=O)[C@@H]1N2C(=O)c1ccccc1. The number of carbonyl (C=O) groups is 2. The lowest BCUT2D eigenvalue weighted by atomic mass is 9.86. The van der Waals surface area contributed by atoms with Crippen LogP contribution in [0, 0.1) is 11.8 Å². The van der Waals surface area contributed by atoms with Crippen LogP contribution in [0.3, 0.4) is 0 Å². The van der Waals surface area contributed by atoms with Crippen LogP contribution in [0.25, 0.3) is 0 Å². The summed E-state index contributed by atoms with van der Waals surface area (Å²) in [7, 11) is 0. The number of benzene rings is 2. The summed E-state index contributed by atoms with van der Waals surface area (Å²) < 4.78 is 1.63. The summed E-state index contributed by atoms with van der Waals surface area (Å²) in [6.07, 6.45) is 0. The molecule has 2 aliphatic heterocycles. The van der Waals surface area contributed by atoms with Gasteiger partial charge < -0.3 is 19.9 Å². The highest BCUT2D eigenvalue weighted by Gasteiger charge is 2.57. The van der Waals surface area contributed by atoms with Gasteiger partial charge in [-0.15, -0.1) is 0 Å². The molecule has 0 saturated carbocycles. The minimum Gasteiger partial charge on any atom is -0.396 e. The maximum Gasteiger partial charge on any atom is 0.254 e. The van der Waals surface area contributed by atoms with Crippen LogP contribution in [0.5, 0.6) is 0 Å². The summed E-state index contributed by atoms with van der Waals surface area (Å²) in [5.74, 6) is -1.70. The lowest BCUT2D eigenvalue weighted by molar-refractivity contribution is -0.122. The van der Waals surface area contributed by atoms with Crippen LogP contribution >= 0.6 is 0 Å². The monoisotopic (exact) mass is 429 g/mol. The van der Waals surface area contributed by atoms with Gasteiger partial charge in [-0.2, -0.15) is 0 Å². The average Bonchev–Trinajstić information content (AvgIpc) is 3.07. The average molecular weight is 429 g/mol. The van der Waals surface area contributed by atoms with E-state index in [0.717, 1.165) is 0 Å². The van der Waals surface area contributed by atoms with Crippen LogP contribution in [0.1, 0.15) is 22.1 Å². The number of hydrogen-bond donors (Lipinski definition) is 2. The molecule has 0 aliphatic carbocycles. The summed E-state index contributed by atoms with van der Waals surface area (Å²) >= 11 is 0. The van der Waals surface area contributed by atoms with Crippen LogP contribution in [-0.2, 0) is 11.3 Å². The van der Waals surface area contributed by atoms with Gasteiger partial charge in [0.15, 0.2) is 0 Å². The van der Waals surface area contributed by atoms with Crippen LogP contribution in [0.2, 0.25) is 0 Å². The van der Waals surface area contributed by atoms with Crippen LogP contribution < -0.4 is 10.9 Å². The van der Waals surface area contributed by atoms with Crippen molar-refractivity contribution in [3.05, 3.63) is 100 Å². The van der Waals surface area contributed by atoms with E-state index in [-0.39, 0.29) is 30.5 Å². The fraction of sp³-hybridized carbons (Fsp3) is 0.240. The third kappa shape index (κ3) is 3.22. The van der Waals surface area contributed by atoms with Gasteiger partial charge in [-0.25, -0.2) is 0 Å². The summed E-state index contributed by atoms with van der Waals surface area (Å²) in [6, 6.07) is 21.8. The molecule has 2 bridgehead atoms. The number of pyridine rings is 1. The van der Waals surface area contributed by atoms with Crippen molar-refractivity contribution in [1.29, 1.82) is 0 Å². The second kappa shape index (κ2) is 8.09. The Hall–Kier alpha value is -3.71. The van der Waals surface area contributed by atoms with Crippen LogP contribution in [0.15, 0.2) is 83.7 Å². The number of carbonyl (C=O) groups excluding carboxylic acids is 2. The molecule has 1 saturated heterocycles. The standard InChI is InChI=1S/C25H23N3O4/c29-15-18-20-14-27-19(12-7-13-21(27)30)23(28(20)25(32)16-8-3-1-4-9-16)22(18)24(31)26-17-10-5-2-6-11-17/h1-13,18,20,22-23,29H,14-15H2,(H,26,31)/t18-,20-,22+,23+/m1/s1. The second-order valence-corrected chi connectivity index (χ2v) is 8.22. The second-order valence-electron chi connectivity index (χ2n) is 8.22. The van der Waals surface area contributed by atoms with Gasteiger partial charge in [0.25, 0.3) is 11.5 Å². The first kappa shape index (κ1) is 20.2. The molecule has 162 valence electrons. The minimum absolute atomic E-state index is 0.176. The van der Waals surface area contributed by atoms with Crippen molar-refractivity contribution in [3.8, 4) is 0 Å². The normalized spacial score (nSPS) is 23.5. The number of anilines is 1. The van der Waals surface area contributed by atoms with Crippen molar-refractivity contribution in [2.24, 2.45) is 11.8 Å². The van der Waals surface area contributed by atoms with E-state index in [1.165, 1.54) is 6.07 Å². The van der Waals surface area contributed by atoms with Gasteiger partial charge in [0.05, 0.1) is 18.0 Å². The zero-order valence-corrected chi connectivity index (χ0v) is 17.3. The van der Waals surface area contributed by atoms with E-state index in [9.17, 15) is 19.5 Å². The molecule has 0 unspecified atom stereocenters. The Morgan fingerprint density at radius 1 is 0.938 bits per heavy atom. The Labute approximate surface area is 184 Å². The summed E-state index contributed by atoms with van der Waals surface area (Å²) in [5, 5.41) is 13.2. The van der Waals surface area contributed by atoms with Gasteiger partial charge >= 0.3 is 0 Å². The molecule has 0 radical (unpaired) electrons. The first-order valence-electron chi connectivity index (χ1n) is 10.6. The van der Waals surface area contributed by atoms with E-state index in [1.54, 1.807) is 58.0 Å². The van der Waals surface area contributed by atoms with E-state index in [1.807, 2.05) is 24.3 Å². The molecular weight excluding hydrogens is 406 g/mol. The molecule has 2 aliphatic rings. The number of nitrogens with zero attached hydrogens (tertiary/aromatic N) is 2. The molecule has 5 rings (SSSR count). The van der Waals surface area contributed by atoms with E-state index in [2.05, 4.69) is 5.32 Å². The third-order valence-corrected chi connectivity index (χ3v) is 6.52. The van der Waals surface area contributed by atoms with Crippen LogP contribution in [0.4, 0.5) is 5.69 Å². The maximum atomic E-state index is 13.6. The molecule has 7 nitrogen and oxygen atoms in total. The highest BCUT2D eigenvalue weighted by atomic mass is 16.3. The molecule has 7 heteroatoms. The maximum absolute atomic E-state index is 13.6. The Morgan fingerprint density at radius 3 is 2.31 bits per heavy atom. The summed E-state index contributed by atoms with van der Waals surface area (Å²) in [5.41, 5.74) is 1.59. The van der Waals surface area contributed by atoms with Gasteiger partial charge in [-0.1, -0.05) is 42.5 Å². The lowest BCUT2D eigenvalue weighted by Crippen LogP contribution is -2.49. The van der Waals surface area contributed by atoms with E-state index >= 15 is 0 Å². The van der Waals surface area contributed by atoms with Gasteiger partial charge in [-0.3, -0.25) is 14.4 Å². The number of nitrogens with one attached hydrogen (secondary N) is 1. The first-order valence-corrected chi connectivity index (χ1v) is 10.6. The number of aliphatic hydroxyl groups is 1. The van der Waals surface area contributed by atoms with Crippen LogP contribution in [-0.4, -0.2) is 39.0 Å². The molecule has 0 spiro atoms. The predicted molar refractivity (Wildman–Crippen MR) is 119 cm³/mol. The molecule has 3 aromatic rings. The largest absolute Gasteiger partial charge is 0.396 e. The fourth-order valence-corrected chi connectivity index (χ4v) is 5.11. The Morgan fingerprint density at radius 2 is 1.62 bits per heavy atom. The third-order valence-electron chi connectivity index (χ3n) is 6.52. The molecule has 2 amide bonds. The van der Waals surface area contributed by atoms with Gasteiger partial charge in [-0.05, 0) is 30.3 Å². The van der Waals surface area contributed by atoms with Gasteiger partial charge in [0.2, 0.25) is 5.91 Å². The molecule has 2 aromatic carbocycles. The number of hydrogen-bond acceptors (Lipinski definition) is 4. The molecule has 1 fully saturated rings. The number of rotatable bonds is 4. The lowest BCUT2D eigenvalue weighted by Gasteiger charge is -2.38. The summed E-state index contributed by atoms with van der Waals surface area (Å²) in [6.45, 7) is -0.0280. The number of amides is 2. The highest BCUT2D eigenvalue weighted by molar-refractivity contribution is 5.98. The zero-order chi connectivity index (χ0) is 22.2. The Kier molecular flexibility index (Phi) is 5.11. The summed E-state index contributed by atoms with van der Waals surface area (Å²) in [4.78, 5) is 41.3. The number of aliphatic hydroxyl groups excluding tert-OH is 1. The molecular formula is C25H23N3O4. The predicted octanol–water partition coefficient (Wildman–Crippen LogP) is 2.29. The Balaban J connectivity index is 1.61. The highest BCUT2D eigenvalue weighted by Crippen LogP contribution is 2.49.